The number of thiophene rings is 1. The third-order valence-corrected chi connectivity index (χ3v) is 6.70. The first kappa shape index (κ1) is 19.2. The Bertz CT molecular complexity index is 774. The summed E-state index contributed by atoms with van der Waals surface area (Å²) < 4.78 is 39.2. The maximum absolute atomic E-state index is 12.2. The van der Waals surface area contributed by atoms with E-state index >= 15 is 0 Å². The third kappa shape index (κ3) is 5.20. The Hall–Kier alpha value is -1.09. The van der Waals surface area contributed by atoms with Gasteiger partial charge in [-0.05, 0) is 66.0 Å². The molecule has 0 unspecified atom stereocenters. The SMILES string of the molecule is CCOc1ccc(CCNS(=O)(=O)c2ccc(Br)s2)cc1OCC. The summed E-state index contributed by atoms with van der Waals surface area (Å²) in [5.74, 6) is 1.38. The summed E-state index contributed by atoms with van der Waals surface area (Å²) >= 11 is 4.46. The molecule has 0 spiro atoms. The predicted octanol–water partition coefficient (Wildman–Crippen LogP) is 3.83. The van der Waals surface area contributed by atoms with Gasteiger partial charge in [-0.15, -0.1) is 11.3 Å². The molecule has 0 aliphatic heterocycles. The van der Waals surface area contributed by atoms with Crippen molar-refractivity contribution in [1.82, 2.24) is 4.72 Å². The lowest BCUT2D eigenvalue weighted by atomic mass is 10.1. The Morgan fingerprint density at radius 3 is 2.42 bits per heavy atom. The van der Waals surface area contributed by atoms with Crippen LogP contribution in [-0.2, 0) is 16.4 Å². The van der Waals surface area contributed by atoms with Gasteiger partial charge in [-0.3, -0.25) is 0 Å². The molecular formula is C16H20BrNO4S2. The molecule has 5 nitrogen and oxygen atoms in total. The second-order valence-corrected chi connectivity index (χ2v) is 9.31. The van der Waals surface area contributed by atoms with Crippen LogP contribution in [0.4, 0.5) is 0 Å². The van der Waals surface area contributed by atoms with E-state index in [4.69, 9.17) is 9.47 Å². The summed E-state index contributed by atoms with van der Waals surface area (Å²) in [4.78, 5) is 0. The molecule has 132 valence electrons. The van der Waals surface area contributed by atoms with Crippen LogP contribution in [0.1, 0.15) is 19.4 Å². The number of benzene rings is 1. The second-order valence-electron chi connectivity index (χ2n) is 4.85. The Labute approximate surface area is 155 Å². The van der Waals surface area contributed by atoms with Gasteiger partial charge in [0.25, 0.3) is 0 Å². The summed E-state index contributed by atoms with van der Waals surface area (Å²) in [7, 11) is -3.46. The van der Waals surface area contributed by atoms with Crippen molar-refractivity contribution in [2.45, 2.75) is 24.5 Å². The van der Waals surface area contributed by atoms with Crippen molar-refractivity contribution in [3.05, 3.63) is 39.7 Å². The highest BCUT2D eigenvalue weighted by Gasteiger charge is 2.16. The van der Waals surface area contributed by atoms with E-state index in [2.05, 4.69) is 20.7 Å². The minimum absolute atomic E-state index is 0.302. The lowest BCUT2D eigenvalue weighted by Gasteiger charge is -2.12. The number of ether oxygens (including phenoxy) is 2. The summed E-state index contributed by atoms with van der Waals surface area (Å²) in [6, 6.07) is 8.98. The molecule has 0 saturated carbocycles. The van der Waals surface area contributed by atoms with Crippen LogP contribution in [0.25, 0.3) is 0 Å². The van der Waals surface area contributed by atoms with E-state index < -0.39 is 10.0 Å². The van der Waals surface area contributed by atoms with E-state index in [0.29, 0.717) is 41.9 Å². The molecule has 0 saturated heterocycles. The normalized spacial score (nSPS) is 11.5. The fraction of sp³-hybridized carbons (Fsp3) is 0.375. The molecule has 24 heavy (non-hydrogen) atoms. The minimum atomic E-state index is -3.46. The molecule has 1 heterocycles. The van der Waals surface area contributed by atoms with E-state index in [1.807, 2.05) is 32.0 Å². The van der Waals surface area contributed by atoms with Crippen LogP contribution >= 0.6 is 27.3 Å². The van der Waals surface area contributed by atoms with Gasteiger partial charge in [0.1, 0.15) is 4.21 Å². The van der Waals surface area contributed by atoms with Gasteiger partial charge in [-0.2, -0.15) is 0 Å². The minimum Gasteiger partial charge on any atom is -0.490 e. The van der Waals surface area contributed by atoms with E-state index in [1.54, 1.807) is 12.1 Å². The van der Waals surface area contributed by atoms with E-state index in [0.717, 1.165) is 9.35 Å². The van der Waals surface area contributed by atoms with Gasteiger partial charge in [0, 0.05) is 6.54 Å². The lowest BCUT2D eigenvalue weighted by Crippen LogP contribution is -2.25. The first-order valence-electron chi connectivity index (χ1n) is 7.59. The molecule has 2 aromatic rings. The molecule has 1 aromatic carbocycles. The van der Waals surface area contributed by atoms with Crippen molar-refractivity contribution < 1.29 is 17.9 Å². The fourth-order valence-electron chi connectivity index (χ4n) is 2.09. The Morgan fingerprint density at radius 2 is 1.79 bits per heavy atom. The van der Waals surface area contributed by atoms with Crippen LogP contribution in [0.5, 0.6) is 11.5 Å². The summed E-state index contributed by atoms with van der Waals surface area (Å²) in [6.45, 7) is 5.26. The smallest absolute Gasteiger partial charge is 0.250 e. The molecule has 0 bridgehead atoms. The number of rotatable bonds is 9. The third-order valence-electron chi connectivity index (χ3n) is 3.13. The van der Waals surface area contributed by atoms with Gasteiger partial charge < -0.3 is 9.47 Å². The molecule has 0 fully saturated rings. The Balaban J connectivity index is 2.00. The first-order chi connectivity index (χ1) is 11.5. The average Bonchev–Trinajstić information content (AvgIpc) is 2.97. The topological polar surface area (TPSA) is 64.6 Å². The molecule has 0 atom stereocenters. The van der Waals surface area contributed by atoms with Crippen molar-refractivity contribution in [3.63, 3.8) is 0 Å². The lowest BCUT2D eigenvalue weighted by molar-refractivity contribution is 0.287. The second kappa shape index (κ2) is 8.84. The Kier molecular flexibility index (Phi) is 7.09. The quantitative estimate of drug-likeness (QED) is 0.652. The van der Waals surface area contributed by atoms with Crippen molar-refractivity contribution in [1.29, 1.82) is 0 Å². The number of hydrogen-bond acceptors (Lipinski definition) is 5. The van der Waals surface area contributed by atoms with Gasteiger partial charge in [0.15, 0.2) is 11.5 Å². The molecule has 0 radical (unpaired) electrons. The average molecular weight is 434 g/mol. The molecule has 0 aliphatic carbocycles. The first-order valence-corrected chi connectivity index (χ1v) is 10.7. The van der Waals surface area contributed by atoms with Crippen molar-refractivity contribution >= 4 is 37.3 Å². The highest BCUT2D eigenvalue weighted by atomic mass is 79.9. The predicted molar refractivity (Wildman–Crippen MR) is 99.7 cm³/mol. The standard InChI is InChI=1S/C16H20BrNO4S2/c1-3-21-13-6-5-12(11-14(13)22-4-2)9-10-18-24(19,20)16-8-7-15(17)23-16/h5-8,11,18H,3-4,9-10H2,1-2H3. The van der Waals surface area contributed by atoms with E-state index in [-0.39, 0.29) is 0 Å². The van der Waals surface area contributed by atoms with Crippen LogP contribution in [0, 0.1) is 0 Å². The van der Waals surface area contributed by atoms with E-state index in [1.165, 1.54) is 11.3 Å². The number of sulfonamides is 1. The molecule has 1 aromatic heterocycles. The zero-order valence-electron chi connectivity index (χ0n) is 13.5. The Morgan fingerprint density at radius 1 is 1.08 bits per heavy atom. The summed E-state index contributed by atoms with van der Waals surface area (Å²) in [5, 5.41) is 0. The van der Waals surface area contributed by atoms with Gasteiger partial charge in [-0.25, -0.2) is 13.1 Å². The highest BCUT2D eigenvalue weighted by molar-refractivity contribution is 9.11. The maximum Gasteiger partial charge on any atom is 0.250 e. The fourth-order valence-corrected chi connectivity index (χ4v) is 5.18. The van der Waals surface area contributed by atoms with Crippen LogP contribution in [0.15, 0.2) is 38.3 Å². The van der Waals surface area contributed by atoms with Gasteiger partial charge in [0.05, 0.1) is 17.0 Å². The zero-order valence-corrected chi connectivity index (χ0v) is 16.8. The molecular weight excluding hydrogens is 414 g/mol. The van der Waals surface area contributed by atoms with Gasteiger partial charge >= 0.3 is 0 Å². The van der Waals surface area contributed by atoms with Crippen molar-refractivity contribution in [2.75, 3.05) is 19.8 Å². The van der Waals surface area contributed by atoms with Crippen molar-refractivity contribution in [3.8, 4) is 11.5 Å². The summed E-state index contributed by atoms with van der Waals surface area (Å²) in [6.07, 6.45) is 0.568. The number of halogens is 1. The van der Waals surface area contributed by atoms with Crippen LogP contribution in [0.3, 0.4) is 0 Å². The molecule has 2 rings (SSSR count). The molecule has 8 heteroatoms. The van der Waals surface area contributed by atoms with E-state index in [9.17, 15) is 8.42 Å². The monoisotopic (exact) mass is 433 g/mol. The zero-order chi connectivity index (χ0) is 17.6. The number of nitrogens with one attached hydrogen (secondary N) is 1. The van der Waals surface area contributed by atoms with Gasteiger partial charge in [-0.1, -0.05) is 6.07 Å². The molecule has 1 N–H and O–H groups in total. The van der Waals surface area contributed by atoms with Gasteiger partial charge in [0.2, 0.25) is 10.0 Å². The maximum atomic E-state index is 12.2. The summed E-state index contributed by atoms with van der Waals surface area (Å²) in [5.41, 5.74) is 0.983. The van der Waals surface area contributed by atoms with Crippen LogP contribution < -0.4 is 14.2 Å². The van der Waals surface area contributed by atoms with Crippen molar-refractivity contribution in [2.24, 2.45) is 0 Å². The highest BCUT2D eigenvalue weighted by Crippen LogP contribution is 2.29. The molecule has 0 amide bonds. The van der Waals surface area contributed by atoms with Crippen LogP contribution in [0.2, 0.25) is 0 Å². The van der Waals surface area contributed by atoms with Crippen LogP contribution in [-0.4, -0.2) is 28.2 Å². The molecule has 0 aliphatic rings. The number of hydrogen-bond donors (Lipinski definition) is 1. The largest absolute Gasteiger partial charge is 0.490 e.